The van der Waals surface area contributed by atoms with Crippen LogP contribution >= 0.6 is 23.1 Å². The molecular formula is C20H19N5O4S3. The number of nitro benzene ring substituents is 1. The normalized spacial score (nSPS) is 17.8. The predicted octanol–water partition coefficient (Wildman–Crippen LogP) is 4.42. The van der Waals surface area contributed by atoms with E-state index in [0.29, 0.717) is 28.1 Å². The Hall–Kier alpha value is -2.54. The van der Waals surface area contributed by atoms with E-state index in [9.17, 15) is 18.5 Å². The monoisotopic (exact) mass is 489 g/mol. The largest absolute Gasteiger partial charge is 0.284 e. The van der Waals surface area contributed by atoms with E-state index in [1.54, 1.807) is 0 Å². The molecule has 0 spiro atoms. The summed E-state index contributed by atoms with van der Waals surface area (Å²) in [6.07, 6.45) is 1.76. The molecule has 2 aromatic carbocycles. The average molecular weight is 490 g/mol. The Kier molecular flexibility index (Phi) is 5.40. The first kappa shape index (κ1) is 21.3. The number of hydrogen-bond acceptors (Lipinski definition) is 8. The van der Waals surface area contributed by atoms with E-state index in [1.807, 2.05) is 35.6 Å². The highest BCUT2D eigenvalue weighted by Gasteiger charge is 2.31. The Morgan fingerprint density at radius 2 is 2.03 bits per heavy atom. The van der Waals surface area contributed by atoms with Crippen LogP contribution in [0.3, 0.4) is 0 Å². The molecule has 0 aliphatic carbocycles. The molecule has 0 saturated carbocycles. The predicted molar refractivity (Wildman–Crippen MR) is 123 cm³/mol. The van der Waals surface area contributed by atoms with Gasteiger partial charge >= 0.3 is 0 Å². The minimum absolute atomic E-state index is 0.0602. The van der Waals surface area contributed by atoms with Crippen LogP contribution in [0.5, 0.6) is 0 Å². The van der Waals surface area contributed by atoms with E-state index in [1.165, 1.54) is 27.8 Å². The van der Waals surface area contributed by atoms with E-state index in [4.69, 9.17) is 0 Å². The van der Waals surface area contributed by atoms with Crippen molar-refractivity contribution < 1.29 is 13.3 Å². The summed E-state index contributed by atoms with van der Waals surface area (Å²) in [4.78, 5) is 12.2. The molecule has 12 heteroatoms. The zero-order chi connectivity index (χ0) is 22.5. The molecule has 0 radical (unpaired) electrons. The van der Waals surface area contributed by atoms with Gasteiger partial charge in [0.1, 0.15) is 0 Å². The summed E-state index contributed by atoms with van der Waals surface area (Å²) in [7, 11) is -3.80. The molecule has 1 fully saturated rings. The minimum atomic E-state index is -3.80. The number of rotatable bonds is 5. The van der Waals surface area contributed by atoms with E-state index in [2.05, 4.69) is 10.2 Å². The summed E-state index contributed by atoms with van der Waals surface area (Å²) in [5, 5.41) is 20.7. The second-order valence-corrected chi connectivity index (χ2v) is 11.7. The van der Waals surface area contributed by atoms with Crippen LogP contribution < -0.4 is 0 Å². The van der Waals surface area contributed by atoms with Crippen molar-refractivity contribution in [1.29, 1.82) is 0 Å². The SMILES string of the molecule is C[C@H]1CCCN(S(=O)(=O)c2ccc(Sc3nnc4sc5ccccc5n34)c([N+](=O)[O-])c2)C1. The van der Waals surface area contributed by atoms with E-state index in [-0.39, 0.29) is 16.5 Å². The molecule has 5 rings (SSSR count). The fourth-order valence-corrected chi connectivity index (χ4v) is 7.49. The van der Waals surface area contributed by atoms with Crippen molar-refractivity contribution in [3.8, 4) is 0 Å². The number of piperidine rings is 1. The first-order valence-corrected chi connectivity index (χ1v) is 13.1. The van der Waals surface area contributed by atoms with Crippen molar-refractivity contribution in [2.24, 2.45) is 5.92 Å². The van der Waals surface area contributed by atoms with Gasteiger partial charge in [-0.25, -0.2) is 8.42 Å². The van der Waals surface area contributed by atoms with Gasteiger partial charge in [-0.2, -0.15) is 4.31 Å². The summed E-state index contributed by atoms with van der Waals surface area (Å²) >= 11 is 2.58. The molecule has 2 aromatic heterocycles. The summed E-state index contributed by atoms with van der Waals surface area (Å²) < 4.78 is 30.5. The van der Waals surface area contributed by atoms with Gasteiger partial charge in [0, 0.05) is 19.2 Å². The van der Waals surface area contributed by atoms with Gasteiger partial charge in [-0.1, -0.05) is 30.4 Å². The van der Waals surface area contributed by atoms with Gasteiger partial charge in [0.2, 0.25) is 20.1 Å². The number of hydrogen-bond donors (Lipinski definition) is 0. The Morgan fingerprint density at radius 1 is 1.22 bits per heavy atom. The second kappa shape index (κ2) is 8.10. The number of benzene rings is 2. The van der Waals surface area contributed by atoms with Crippen LogP contribution in [-0.4, -0.2) is 45.3 Å². The molecule has 1 aliphatic rings. The zero-order valence-electron chi connectivity index (χ0n) is 17.0. The van der Waals surface area contributed by atoms with Gasteiger partial charge in [-0.05, 0) is 54.8 Å². The number of nitrogens with zero attached hydrogens (tertiary/aromatic N) is 5. The van der Waals surface area contributed by atoms with Crippen LogP contribution in [0.4, 0.5) is 5.69 Å². The fourth-order valence-electron chi connectivity index (χ4n) is 3.92. The smallest absolute Gasteiger partial charge is 0.260 e. The van der Waals surface area contributed by atoms with E-state index >= 15 is 0 Å². The Morgan fingerprint density at radius 3 is 2.81 bits per heavy atom. The van der Waals surface area contributed by atoms with Crippen LogP contribution in [0.15, 0.2) is 57.4 Å². The Bertz CT molecular complexity index is 1450. The molecule has 1 aliphatic heterocycles. The third-order valence-electron chi connectivity index (χ3n) is 5.50. The van der Waals surface area contributed by atoms with Gasteiger partial charge < -0.3 is 0 Å². The molecule has 0 unspecified atom stereocenters. The summed E-state index contributed by atoms with van der Waals surface area (Å²) in [5.74, 6) is 0.263. The number of sulfonamides is 1. The van der Waals surface area contributed by atoms with Crippen LogP contribution in [0, 0.1) is 16.0 Å². The number of nitro groups is 1. The van der Waals surface area contributed by atoms with Crippen LogP contribution in [0.2, 0.25) is 0 Å². The lowest BCUT2D eigenvalue weighted by molar-refractivity contribution is -0.388. The third-order valence-corrected chi connectivity index (χ3v) is 9.38. The number of fused-ring (bicyclic) bond motifs is 3. The van der Waals surface area contributed by atoms with Crippen molar-refractivity contribution in [1.82, 2.24) is 18.9 Å². The van der Waals surface area contributed by atoms with Gasteiger partial charge in [0.05, 0.1) is 24.9 Å². The van der Waals surface area contributed by atoms with Crippen LogP contribution in [0.25, 0.3) is 15.2 Å². The number of para-hydroxylation sites is 1. The van der Waals surface area contributed by atoms with Gasteiger partial charge in [0.15, 0.2) is 0 Å². The highest BCUT2D eigenvalue weighted by atomic mass is 32.2. The maximum absolute atomic E-state index is 13.1. The maximum Gasteiger partial charge on any atom is 0.284 e. The van der Waals surface area contributed by atoms with Crippen molar-refractivity contribution in [2.45, 2.75) is 34.7 Å². The van der Waals surface area contributed by atoms with E-state index in [0.717, 1.165) is 40.9 Å². The number of aromatic nitrogens is 3. The minimum Gasteiger partial charge on any atom is -0.260 e. The summed E-state index contributed by atoms with van der Waals surface area (Å²) in [6, 6.07) is 11.8. The molecule has 3 heterocycles. The van der Waals surface area contributed by atoms with Crippen molar-refractivity contribution >= 4 is 54.0 Å². The topological polar surface area (TPSA) is 111 Å². The van der Waals surface area contributed by atoms with Crippen molar-refractivity contribution in [3.05, 3.63) is 52.6 Å². The molecule has 166 valence electrons. The lowest BCUT2D eigenvalue weighted by atomic mass is 10.0. The summed E-state index contributed by atoms with van der Waals surface area (Å²) in [5.41, 5.74) is 0.651. The maximum atomic E-state index is 13.1. The number of thiazole rings is 1. The van der Waals surface area contributed by atoms with Gasteiger partial charge in [-0.15, -0.1) is 10.2 Å². The molecule has 32 heavy (non-hydrogen) atoms. The first-order chi connectivity index (χ1) is 15.3. The summed E-state index contributed by atoms with van der Waals surface area (Å²) in [6.45, 7) is 2.87. The van der Waals surface area contributed by atoms with Crippen LogP contribution in [-0.2, 0) is 10.0 Å². The molecule has 1 saturated heterocycles. The third kappa shape index (κ3) is 3.66. The highest BCUT2D eigenvalue weighted by molar-refractivity contribution is 7.99. The second-order valence-electron chi connectivity index (χ2n) is 7.77. The molecule has 9 nitrogen and oxygen atoms in total. The lowest BCUT2D eigenvalue weighted by Crippen LogP contribution is -2.39. The van der Waals surface area contributed by atoms with Crippen molar-refractivity contribution in [3.63, 3.8) is 0 Å². The van der Waals surface area contributed by atoms with Crippen LogP contribution in [0.1, 0.15) is 19.8 Å². The highest BCUT2D eigenvalue weighted by Crippen LogP contribution is 2.38. The fraction of sp³-hybridized carbons (Fsp3) is 0.300. The van der Waals surface area contributed by atoms with E-state index < -0.39 is 14.9 Å². The molecule has 0 amide bonds. The average Bonchev–Trinajstić information content (AvgIpc) is 3.33. The van der Waals surface area contributed by atoms with Gasteiger partial charge in [-0.3, -0.25) is 14.5 Å². The molecule has 0 N–H and O–H groups in total. The first-order valence-electron chi connectivity index (χ1n) is 10.0. The Balaban J connectivity index is 1.53. The zero-order valence-corrected chi connectivity index (χ0v) is 19.5. The van der Waals surface area contributed by atoms with Crippen molar-refractivity contribution in [2.75, 3.05) is 13.1 Å². The quantitative estimate of drug-likeness (QED) is 0.301. The lowest BCUT2D eigenvalue weighted by Gasteiger charge is -2.30. The standard InChI is InChI=1S/C20H19N5O4S3/c1-13-5-4-10-23(12-13)32(28,29)14-8-9-18(16(11-14)25(26)27)31-20-22-21-19-24(20)15-6-2-3-7-17(15)30-19/h2-3,6-9,11,13H,4-5,10,12H2,1H3/t13-/m0/s1. The molecule has 1 atom stereocenters. The van der Waals surface area contributed by atoms with Gasteiger partial charge in [0.25, 0.3) is 5.69 Å². The molecule has 0 bridgehead atoms. The molecule has 4 aromatic rings. The molecular weight excluding hydrogens is 470 g/mol. The Labute approximate surface area is 192 Å².